The number of carbonyl (C=O) groups is 1. The average molecular weight is 287 g/mol. The maximum Gasteiger partial charge on any atom is 0.304 e. The van der Waals surface area contributed by atoms with Crippen LogP contribution in [0.4, 0.5) is 4.39 Å². The fourth-order valence-corrected chi connectivity index (χ4v) is 3.60. The molecule has 0 heterocycles. The van der Waals surface area contributed by atoms with Crippen LogP contribution < -0.4 is 0 Å². The van der Waals surface area contributed by atoms with E-state index < -0.39 is 26.7 Å². The first-order valence-corrected chi connectivity index (χ1v) is 7.35. The molecule has 1 aliphatic rings. The van der Waals surface area contributed by atoms with Gasteiger partial charge in [-0.3, -0.25) is 4.79 Å². The molecule has 0 atom stereocenters. The average Bonchev–Trinajstić information content (AvgIpc) is 3.13. The molecule has 104 valence electrons. The summed E-state index contributed by atoms with van der Waals surface area (Å²) in [5, 5.41) is 8.66. The fraction of sp³-hybridized carbons (Fsp3) is 0.417. The van der Waals surface area contributed by atoms with Gasteiger partial charge in [-0.1, -0.05) is 12.1 Å². The van der Waals surface area contributed by atoms with E-state index in [1.54, 1.807) is 0 Å². The molecule has 0 radical (unpaired) electrons. The number of rotatable bonds is 6. The zero-order valence-electron chi connectivity index (χ0n) is 10.1. The molecular weight excluding hydrogens is 273 g/mol. The highest BCUT2D eigenvalue weighted by Crippen LogP contribution is 2.32. The highest BCUT2D eigenvalue weighted by atomic mass is 32.2. The summed E-state index contributed by atoms with van der Waals surface area (Å²) in [7, 11) is -3.97. The Hall–Kier alpha value is -1.47. The van der Waals surface area contributed by atoms with Gasteiger partial charge in [-0.25, -0.2) is 12.8 Å². The van der Waals surface area contributed by atoms with Crippen molar-refractivity contribution >= 4 is 16.0 Å². The lowest BCUT2D eigenvalue weighted by atomic mass is 10.3. The van der Waals surface area contributed by atoms with Gasteiger partial charge >= 0.3 is 5.97 Å². The minimum atomic E-state index is -3.97. The standard InChI is InChI=1S/C12H14FNO4S/c13-10-3-1-2-4-11(10)19(17,18)14(9-5-6-9)8-7-12(15)16/h1-4,9H,5-8H2,(H,15,16). The van der Waals surface area contributed by atoms with Gasteiger partial charge in [0.25, 0.3) is 0 Å². The molecule has 1 aromatic rings. The molecule has 1 fully saturated rings. The van der Waals surface area contributed by atoms with Gasteiger partial charge in [-0.15, -0.1) is 0 Å². The smallest absolute Gasteiger partial charge is 0.304 e. The normalized spacial score (nSPS) is 15.7. The molecule has 0 amide bonds. The number of carboxylic acid groups (broad SMARTS) is 1. The summed E-state index contributed by atoms with van der Waals surface area (Å²) >= 11 is 0. The highest BCUT2D eigenvalue weighted by molar-refractivity contribution is 7.89. The summed E-state index contributed by atoms with van der Waals surface area (Å²) in [4.78, 5) is 10.2. The van der Waals surface area contributed by atoms with Crippen LogP contribution in [0, 0.1) is 5.82 Å². The lowest BCUT2D eigenvalue weighted by Crippen LogP contribution is -2.35. The van der Waals surface area contributed by atoms with Crippen molar-refractivity contribution in [2.45, 2.75) is 30.2 Å². The Morgan fingerprint density at radius 2 is 2.00 bits per heavy atom. The van der Waals surface area contributed by atoms with Gasteiger partial charge in [-0.05, 0) is 25.0 Å². The van der Waals surface area contributed by atoms with E-state index in [0.717, 1.165) is 10.4 Å². The summed E-state index contributed by atoms with van der Waals surface area (Å²) < 4.78 is 39.4. The number of carboxylic acids is 1. The van der Waals surface area contributed by atoms with E-state index in [9.17, 15) is 17.6 Å². The zero-order chi connectivity index (χ0) is 14.0. The Morgan fingerprint density at radius 3 is 2.53 bits per heavy atom. The van der Waals surface area contributed by atoms with Gasteiger partial charge in [0.05, 0.1) is 6.42 Å². The molecule has 0 saturated heterocycles. The molecule has 1 saturated carbocycles. The van der Waals surface area contributed by atoms with Crippen LogP contribution >= 0.6 is 0 Å². The van der Waals surface area contributed by atoms with Crippen molar-refractivity contribution in [2.75, 3.05) is 6.54 Å². The maximum atomic E-state index is 13.6. The number of aliphatic carboxylic acids is 1. The molecule has 1 aromatic carbocycles. The number of hydrogen-bond donors (Lipinski definition) is 1. The number of hydrogen-bond acceptors (Lipinski definition) is 3. The van der Waals surface area contributed by atoms with E-state index in [1.165, 1.54) is 18.2 Å². The van der Waals surface area contributed by atoms with Crippen LogP contribution in [0.25, 0.3) is 0 Å². The van der Waals surface area contributed by atoms with Crippen molar-refractivity contribution in [3.8, 4) is 0 Å². The van der Waals surface area contributed by atoms with Crippen LogP contribution in [0.1, 0.15) is 19.3 Å². The molecule has 7 heteroatoms. The van der Waals surface area contributed by atoms with Crippen LogP contribution in [0.3, 0.4) is 0 Å². The lowest BCUT2D eigenvalue weighted by molar-refractivity contribution is -0.137. The molecular formula is C12H14FNO4S. The first-order valence-electron chi connectivity index (χ1n) is 5.91. The Bertz CT molecular complexity index is 583. The second kappa shape index (κ2) is 5.26. The molecule has 0 aliphatic heterocycles. The van der Waals surface area contributed by atoms with Gasteiger partial charge in [0, 0.05) is 12.6 Å². The van der Waals surface area contributed by atoms with Crippen molar-refractivity contribution in [3.05, 3.63) is 30.1 Å². The third-order valence-electron chi connectivity index (χ3n) is 2.92. The van der Waals surface area contributed by atoms with E-state index in [-0.39, 0.29) is 19.0 Å². The van der Waals surface area contributed by atoms with Crippen molar-refractivity contribution in [1.29, 1.82) is 0 Å². The monoisotopic (exact) mass is 287 g/mol. The molecule has 1 aliphatic carbocycles. The third kappa shape index (κ3) is 3.10. The van der Waals surface area contributed by atoms with Gasteiger partial charge in [0.15, 0.2) is 0 Å². The quantitative estimate of drug-likeness (QED) is 0.859. The molecule has 0 aromatic heterocycles. The largest absolute Gasteiger partial charge is 0.481 e. The molecule has 5 nitrogen and oxygen atoms in total. The third-order valence-corrected chi connectivity index (χ3v) is 4.91. The Morgan fingerprint density at radius 1 is 1.37 bits per heavy atom. The van der Waals surface area contributed by atoms with E-state index in [1.807, 2.05) is 0 Å². The second-order valence-corrected chi connectivity index (χ2v) is 6.28. The number of nitrogens with zero attached hydrogens (tertiary/aromatic N) is 1. The number of sulfonamides is 1. The minimum Gasteiger partial charge on any atom is -0.481 e. The van der Waals surface area contributed by atoms with Crippen LogP contribution in [-0.4, -0.2) is 36.4 Å². The molecule has 0 unspecified atom stereocenters. The Balaban J connectivity index is 2.29. The Labute approximate surface area is 110 Å². The zero-order valence-corrected chi connectivity index (χ0v) is 10.9. The summed E-state index contributed by atoms with van der Waals surface area (Å²) in [5.74, 6) is -1.89. The second-order valence-electron chi connectivity index (χ2n) is 4.42. The lowest BCUT2D eigenvalue weighted by Gasteiger charge is -2.21. The first kappa shape index (κ1) is 14.0. The molecule has 1 N–H and O–H groups in total. The number of halogens is 1. The van der Waals surface area contributed by atoms with Gasteiger partial charge in [0.1, 0.15) is 10.7 Å². The van der Waals surface area contributed by atoms with Gasteiger partial charge < -0.3 is 5.11 Å². The topological polar surface area (TPSA) is 74.7 Å². The van der Waals surface area contributed by atoms with Crippen molar-refractivity contribution in [1.82, 2.24) is 4.31 Å². The van der Waals surface area contributed by atoms with Crippen molar-refractivity contribution in [2.24, 2.45) is 0 Å². The summed E-state index contributed by atoms with van der Waals surface area (Å²) in [6, 6.07) is 4.92. The van der Waals surface area contributed by atoms with Crippen LogP contribution in [-0.2, 0) is 14.8 Å². The molecule has 0 bridgehead atoms. The van der Waals surface area contributed by atoms with E-state index in [0.29, 0.717) is 12.8 Å². The van der Waals surface area contributed by atoms with Gasteiger partial charge in [-0.2, -0.15) is 4.31 Å². The molecule has 2 rings (SSSR count). The highest BCUT2D eigenvalue weighted by Gasteiger charge is 2.39. The predicted octanol–water partition coefficient (Wildman–Crippen LogP) is 1.45. The minimum absolute atomic E-state index is 0.128. The predicted molar refractivity (Wildman–Crippen MR) is 65.6 cm³/mol. The van der Waals surface area contributed by atoms with Crippen LogP contribution in [0.15, 0.2) is 29.2 Å². The summed E-state index contributed by atoms with van der Waals surface area (Å²) in [6.07, 6.45) is 1.09. The molecule has 0 spiro atoms. The summed E-state index contributed by atoms with van der Waals surface area (Å²) in [6.45, 7) is -0.128. The SMILES string of the molecule is O=C(O)CCN(C1CC1)S(=O)(=O)c1ccccc1F. The number of benzene rings is 1. The van der Waals surface area contributed by atoms with E-state index >= 15 is 0 Å². The fourth-order valence-electron chi connectivity index (χ4n) is 1.85. The van der Waals surface area contributed by atoms with Crippen LogP contribution in [0.5, 0.6) is 0 Å². The van der Waals surface area contributed by atoms with E-state index in [4.69, 9.17) is 5.11 Å². The maximum absolute atomic E-state index is 13.6. The Kier molecular flexibility index (Phi) is 3.86. The molecule has 19 heavy (non-hydrogen) atoms. The van der Waals surface area contributed by atoms with Gasteiger partial charge in [0.2, 0.25) is 10.0 Å². The summed E-state index contributed by atoms with van der Waals surface area (Å²) in [5.41, 5.74) is 0. The first-order chi connectivity index (χ1) is 8.93. The van der Waals surface area contributed by atoms with E-state index in [2.05, 4.69) is 0 Å². The van der Waals surface area contributed by atoms with Crippen molar-refractivity contribution < 1.29 is 22.7 Å². The van der Waals surface area contributed by atoms with Crippen molar-refractivity contribution in [3.63, 3.8) is 0 Å². The van der Waals surface area contributed by atoms with Crippen LogP contribution in [0.2, 0.25) is 0 Å².